The van der Waals surface area contributed by atoms with Gasteiger partial charge in [0.15, 0.2) is 0 Å². The van der Waals surface area contributed by atoms with Crippen molar-refractivity contribution in [1.29, 1.82) is 0 Å². The van der Waals surface area contributed by atoms with Gasteiger partial charge in [-0.1, -0.05) is 23.7 Å². The number of halogens is 1. The van der Waals surface area contributed by atoms with Crippen LogP contribution in [0.15, 0.2) is 42.6 Å². The minimum Gasteiger partial charge on any atom is -0.380 e. The minimum atomic E-state index is -0.409. The van der Waals surface area contributed by atoms with Crippen molar-refractivity contribution in [2.75, 3.05) is 5.32 Å². The molecule has 6 heteroatoms. The lowest BCUT2D eigenvalue weighted by atomic mass is 10.2. The summed E-state index contributed by atoms with van der Waals surface area (Å²) >= 11 is 5.67. The summed E-state index contributed by atoms with van der Waals surface area (Å²) in [5.74, 6) is 0. The number of benzene rings is 1. The van der Waals surface area contributed by atoms with Crippen molar-refractivity contribution in [3.8, 4) is 0 Å². The number of pyridine rings is 1. The fourth-order valence-corrected chi connectivity index (χ4v) is 1.58. The summed E-state index contributed by atoms with van der Waals surface area (Å²) in [6.45, 7) is 0.491. The van der Waals surface area contributed by atoms with Gasteiger partial charge in [-0.2, -0.15) is 0 Å². The Bertz CT molecular complexity index is 558. The number of aromatic nitrogens is 1. The highest BCUT2D eigenvalue weighted by molar-refractivity contribution is 6.29. The molecule has 0 spiro atoms. The number of nitrogens with one attached hydrogen (secondary N) is 1. The summed E-state index contributed by atoms with van der Waals surface area (Å²) < 4.78 is 0. The molecular formula is C12H10ClN3O2. The van der Waals surface area contributed by atoms with E-state index in [2.05, 4.69) is 10.3 Å². The van der Waals surface area contributed by atoms with Crippen LogP contribution in [0.5, 0.6) is 0 Å². The van der Waals surface area contributed by atoms with Crippen LogP contribution in [0.2, 0.25) is 5.15 Å². The van der Waals surface area contributed by atoms with E-state index in [-0.39, 0.29) is 5.69 Å². The molecule has 0 amide bonds. The zero-order valence-corrected chi connectivity index (χ0v) is 10.1. The second kappa shape index (κ2) is 5.46. The van der Waals surface area contributed by atoms with Crippen LogP contribution in [0, 0.1) is 10.1 Å². The number of rotatable bonds is 4. The molecule has 5 nitrogen and oxygen atoms in total. The lowest BCUT2D eigenvalue weighted by Crippen LogP contribution is -2.00. The Labute approximate surface area is 109 Å². The Morgan fingerprint density at radius 3 is 2.83 bits per heavy atom. The number of hydrogen-bond donors (Lipinski definition) is 1. The minimum absolute atomic E-state index is 0.0866. The smallest absolute Gasteiger partial charge is 0.269 e. The fraction of sp³-hybridized carbons (Fsp3) is 0.0833. The molecular weight excluding hydrogens is 254 g/mol. The molecule has 0 aliphatic heterocycles. The second-order valence-electron chi connectivity index (χ2n) is 3.65. The third-order valence-corrected chi connectivity index (χ3v) is 2.57. The van der Waals surface area contributed by atoms with Crippen molar-refractivity contribution in [1.82, 2.24) is 4.98 Å². The number of nitro benzene ring substituents is 1. The Kier molecular flexibility index (Phi) is 3.74. The van der Waals surface area contributed by atoms with Gasteiger partial charge in [-0.15, -0.1) is 0 Å². The molecule has 0 saturated carbocycles. The first kappa shape index (κ1) is 12.3. The Hall–Kier alpha value is -2.14. The molecule has 2 rings (SSSR count). The van der Waals surface area contributed by atoms with Crippen LogP contribution in [-0.2, 0) is 6.54 Å². The van der Waals surface area contributed by atoms with Gasteiger partial charge in [0, 0.05) is 18.7 Å². The van der Waals surface area contributed by atoms with E-state index < -0.39 is 4.92 Å². The number of nitro groups is 1. The van der Waals surface area contributed by atoms with E-state index in [1.54, 1.807) is 24.4 Å². The van der Waals surface area contributed by atoms with E-state index in [1.165, 1.54) is 12.1 Å². The van der Waals surface area contributed by atoms with Gasteiger partial charge >= 0.3 is 0 Å². The third-order valence-electron chi connectivity index (χ3n) is 2.35. The molecule has 0 radical (unpaired) electrons. The Morgan fingerprint density at radius 1 is 1.33 bits per heavy atom. The normalized spacial score (nSPS) is 10.1. The average molecular weight is 264 g/mol. The van der Waals surface area contributed by atoms with Gasteiger partial charge in [0.25, 0.3) is 5.69 Å². The van der Waals surface area contributed by atoms with E-state index in [0.717, 1.165) is 11.3 Å². The van der Waals surface area contributed by atoms with Gasteiger partial charge in [0.2, 0.25) is 0 Å². The van der Waals surface area contributed by atoms with E-state index in [9.17, 15) is 10.1 Å². The molecule has 92 valence electrons. The molecule has 0 aliphatic carbocycles. The van der Waals surface area contributed by atoms with Crippen LogP contribution in [-0.4, -0.2) is 9.91 Å². The van der Waals surface area contributed by atoms with E-state index in [0.29, 0.717) is 11.7 Å². The van der Waals surface area contributed by atoms with Gasteiger partial charge in [-0.25, -0.2) is 4.98 Å². The van der Waals surface area contributed by atoms with Gasteiger partial charge in [0.05, 0.1) is 16.8 Å². The van der Waals surface area contributed by atoms with Crippen LogP contribution in [0.3, 0.4) is 0 Å². The van der Waals surface area contributed by atoms with Gasteiger partial charge in [0.1, 0.15) is 5.15 Å². The molecule has 0 fully saturated rings. The van der Waals surface area contributed by atoms with Crippen molar-refractivity contribution >= 4 is 23.0 Å². The zero-order valence-electron chi connectivity index (χ0n) is 9.34. The average Bonchev–Trinajstić information content (AvgIpc) is 2.38. The lowest BCUT2D eigenvalue weighted by Gasteiger charge is -2.05. The molecule has 0 aliphatic rings. The molecule has 1 aromatic heterocycles. The van der Waals surface area contributed by atoms with Crippen molar-refractivity contribution in [2.45, 2.75) is 6.54 Å². The van der Waals surface area contributed by atoms with Crippen molar-refractivity contribution in [3.63, 3.8) is 0 Å². The molecule has 0 bridgehead atoms. The quantitative estimate of drug-likeness (QED) is 0.522. The Balaban J connectivity index is 2.04. The van der Waals surface area contributed by atoms with E-state index >= 15 is 0 Å². The lowest BCUT2D eigenvalue weighted by molar-refractivity contribution is -0.384. The van der Waals surface area contributed by atoms with Crippen LogP contribution in [0.25, 0.3) is 0 Å². The fourth-order valence-electron chi connectivity index (χ4n) is 1.46. The highest BCUT2D eigenvalue weighted by Gasteiger charge is 2.05. The molecule has 0 saturated heterocycles. The van der Waals surface area contributed by atoms with Crippen molar-refractivity contribution in [2.24, 2.45) is 0 Å². The third kappa shape index (κ3) is 3.18. The van der Waals surface area contributed by atoms with Crippen LogP contribution in [0.1, 0.15) is 5.56 Å². The summed E-state index contributed by atoms with van der Waals surface area (Å²) in [6, 6.07) is 9.96. The maximum Gasteiger partial charge on any atom is 0.269 e. The molecule has 2 aromatic rings. The molecule has 0 atom stereocenters. The summed E-state index contributed by atoms with van der Waals surface area (Å²) in [6.07, 6.45) is 1.61. The standard InChI is InChI=1S/C12H10ClN3O2/c13-12-5-4-10(8-15-12)14-7-9-2-1-3-11(6-9)16(17)18/h1-6,8,14H,7H2. The molecule has 1 N–H and O–H groups in total. The summed E-state index contributed by atoms with van der Waals surface area (Å²) in [5, 5.41) is 14.2. The summed E-state index contributed by atoms with van der Waals surface area (Å²) in [5.41, 5.74) is 1.73. The number of hydrogen-bond acceptors (Lipinski definition) is 4. The maximum atomic E-state index is 10.6. The highest BCUT2D eigenvalue weighted by atomic mass is 35.5. The van der Waals surface area contributed by atoms with Gasteiger partial charge in [-0.05, 0) is 17.7 Å². The van der Waals surface area contributed by atoms with Crippen LogP contribution >= 0.6 is 11.6 Å². The summed E-state index contributed by atoms with van der Waals surface area (Å²) in [4.78, 5) is 14.1. The summed E-state index contributed by atoms with van der Waals surface area (Å²) in [7, 11) is 0. The zero-order chi connectivity index (χ0) is 13.0. The first-order valence-electron chi connectivity index (χ1n) is 5.24. The van der Waals surface area contributed by atoms with E-state index in [1.807, 2.05) is 6.07 Å². The van der Waals surface area contributed by atoms with Crippen LogP contribution in [0.4, 0.5) is 11.4 Å². The van der Waals surface area contributed by atoms with Crippen molar-refractivity contribution in [3.05, 3.63) is 63.4 Å². The number of anilines is 1. The highest BCUT2D eigenvalue weighted by Crippen LogP contribution is 2.15. The molecule has 0 unspecified atom stereocenters. The van der Waals surface area contributed by atoms with Crippen molar-refractivity contribution < 1.29 is 4.92 Å². The SMILES string of the molecule is O=[N+]([O-])c1cccc(CNc2ccc(Cl)nc2)c1. The largest absolute Gasteiger partial charge is 0.380 e. The monoisotopic (exact) mass is 263 g/mol. The van der Waals surface area contributed by atoms with Crippen LogP contribution < -0.4 is 5.32 Å². The maximum absolute atomic E-state index is 10.6. The molecule has 18 heavy (non-hydrogen) atoms. The first-order valence-corrected chi connectivity index (χ1v) is 5.62. The van der Waals surface area contributed by atoms with E-state index in [4.69, 9.17) is 11.6 Å². The van der Waals surface area contributed by atoms with Gasteiger partial charge < -0.3 is 5.32 Å². The number of non-ortho nitro benzene ring substituents is 1. The Morgan fingerprint density at radius 2 is 2.17 bits per heavy atom. The second-order valence-corrected chi connectivity index (χ2v) is 4.04. The first-order chi connectivity index (χ1) is 8.65. The number of nitrogens with zero attached hydrogens (tertiary/aromatic N) is 2. The predicted molar refractivity (Wildman–Crippen MR) is 69.7 cm³/mol. The predicted octanol–water partition coefficient (Wildman–Crippen LogP) is 3.26. The van der Waals surface area contributed by atoms with Gasteiger partial charge in [-0.3, -0.25) is 10.1 Å². The molecule has 1 aromatic carbocycles. The topological polar surface area (TPSA) is 68.1 Å². The molecule has 1 heterocycles.